The number of amidine groups is 1. The molecule has 0 bridgehead atoms. The minimum absolute atomic E-state index is 0.237. The molecule has 0 radical (unpaired) electrons. The van der Waals surface area contributed by atoms with Crippen molar-refractivity contribution >= 4 is 5.84 Å². The molecule has 0 atom stereocenters. The standard InChI is InChI=1S/C12H23N5O/c1-4-6-17(9-12(13)15-18)8-11-7-10(5-2)14-16(11)3/h7,18H,4-6,8-9H2,1-3H3,(H2,13,15). The lowest BCUT2D eigenvalue weighted by atomic mass is 10.3. The first-order chi connectivity index (χ1) is 8.60. The normalized spacial score (nSPS) is 12.3. The van der Waals surface area contributed by atoms with Gasteiger partial charge in [-0.3, -0.25) is 9.58 Å². The Labute approximate surface area is 108 Å². The Balaban J connectivity index is 2.72. The van der Waals surface area contributed by atoms with Gasteiger partial charge in [0.15, 0.2) is 5.84 Å². The summed E-state index contributed by atoms with van der Waals surface area (Å²) in [4.78, 5) is 2.14. The molecule has 1 aromatic heterocycles. The third-order valence-corrected chi connectivity index (χ3v) is 2.83. The molecular formula is C12H23N5O. The summed E-state index contributed by atoms with van der Waals surface area (Å²) >= 11 is 0. The predicted octanol–water partition coefficient (Wildman–Crippen LogP) is 0.941. The van der Waals surface area contributed by atoms with Gasteiger partial charge in [0.1, 0.15) is 0 Å². The van der Waals surface area contributed by atoms with Gasteiger partial charge in [-0.15, -0.1) is 0 Å². The van der Waals surface area contributed by atoms with Crippen LogP contribution in [0, 0.1) is 0 Å². The molecule has 1 rings (SSSR count). The van der Waals surface area contributed by atoms with E-state index in [2.05, 4.69) is 35.1 Å². The summed E-state index contributed by atoms with van der Waals surface area (Å²) in [6.07, 6.45) is 1.96. The second-order valence-corrected chi connectivity index (χ2v) is 4.41. The molecule has 0 unspecified atom stereocenters. The van der Waals surface area contributed by atoms with Gasteiger partial charge < -0.3 is 10.9 Å². The molecule has 0 aliphatic heterocycles. The Bertz CT molecular complexity index is 399. The minimum Gasteiger partial charge on any atom is -0.409 e. The van der Waals surface area contributed by atoms with Crippen LogP contribution in [-0.4, -0.2) is 38.8 Å². The monoisotopic (exact) mass is 253 g/mol. The average Bonchev–Trinajstić information content (AvgIpc) is 2.70. The lowest BCUT2D eigenvalue weighted by molar-refractivity contribution is 0.280. The molecule has 0 aromatic carbocycles. The van der Waals surface area contributed by atoms with Gasteiger partial charge in [0.25, 0.3) is 0 Å². The van der Waals surface area contributed by atoms with Crippen LogP contribution in [0.5, 0.6) is 0 Å². The van der Waals surface area contributed by atoms with E-state index in [1.807, 2.05) is 11.7 Å². The highest BCUT2D eigenvalue weighted by Gasteiger charge is 2.11. The van der Waals surface area contributed by atoms with E-state index in [4.69, 9.17) is 10.9 Å². The summed E-state index contributed by atoms with van der Waals surface area (Å²) < 4.78 is 1.90. The Kier molecular flexibility index (Phi) is 5.64. The van der Waals surface area contributed by atoms with Gasteiger partial charge in [-0.2, -0.15) is 5.10 Å². The van der Waals surface area contributed by atoms with Gasteiger partial charge >= 0.3 is 0 Å². The van der Waals surface area contributed by atoms with Crippen LogP contribution in [0.3, 0.4) is 0 Å². The lowest BCUT2D eigenvalue weighted by Crippen LogP contribution is -2.34. The third kappa shape index (κ3) is 4.03. The number of aryl methyl sites for hydroxylation is 2. The van der Waals surface area contributed by atoms with Gasteiger partial charge in [0.2, 0.25) is 0 Å². The number of oxime groups is 1. The van der Waals surface area contributed by atoms with Crippen molar-refractivity contribution in [1.82, 2.24) is 14.7 Å². The molecule has 3 N–H and O–H groups in total. The highest BCUT2D eigenvalue weighted by molar-refractivity contribution is 5.81. The van der Waals surface area contributed by atoms with Crippen molar-refractivity contribution < 1.29 is 5.21 Å². The van der Waals surface area contributed by atoms with Gasteiger partial charge in [0, 0.05) is 13.6 Å². The number of nitrogens with two attached hydrogens (primary N) is 1. The number of aromatic nitrogens is 2. The maximum atomic E-state index is 8.63. The van der Waals surface area contributed by atoms with E-state index < -0.39 is 0 Å². The maximum Gasteiger partial charge on any atom is 0.153 e. The fraction of sp³-hybridized carbons (Fsp3) is 0.667. The largest absolute Gasteiger partial charge is 0.409 e. The first-order valence-corrected chi connectivity index (χ1v) is 6.31. The van der Waals surface area contributed by atoms with E-state index in [0.29, 0.717) is 6.54 Å². The van der Waals surface area contributed by atoms with Gasteiger partial charge in [0.05, 0.1) is 17.9 Å². The van der Waals surface area contributed by atoms with Crippen LogP contribution in [0.15, 0.2) is 11.2 Å². The molecule has 6 heteroatoms. The Hall–Kier alpha value is -1.56. The Morgan fingerprint density at radius 3 is 2.78 bits per heavy atom. The van der Waals surface area contributed by atoms with Crippen LogP contribution in [0.25, 0.3) is 0 Å². The molecule has 0 saturated heterocycles. The first-order valence-electron chi connectivity index (χ1n) is 6.31. The Morgan fingerprint density at radius 2 is 2.28 bits per heavy atom. The molecule has 0 amide bonds. The van der Waals surface area contributed by atoms with E-state index >= 15 is 0 Å². The number of rotatable bonds is 7. The third-order valence-electron chi connectivity index (χ3n) is 2.83. The minimum atomic E-state index is 0.237. The van der Waals surface area contributed by atoms with Crippen LogP contribution >= 0.6 is 0 Å². The first kappa shape index (κ1) is 14.5. The van der Waals surface area contributed by atoms with E-state index in [-0.39, 0.29) is 5.84 Å². The number of nitrogens with zero attached hydrogens (tertiary/aromatic N) is 4. The predicted molar refractivity (Wildman–Crippen MR) is 71.6 cm³/mol. The van der Waals surface area contributed by atoms with Crippen LogP contribution in [0.2, 0.25) is 0 Å². The zero-order chi connectivity index (χ0) is 13.5. The molecule has 0 fully saturated rings. The molecular weight excluding hydrogens is 230 g/mol. The molecule has 6 nitrogen and oxygen atoms in total. The van der Waals surface area contributed by atoms with Gasteiger partial charge in [-0.1, -0.05) is 19.0 Å². The highest BCUT2D eigenvalue weighted by atomic mass is 16.4. The van der Waals surface area contributed by atoms with Crippen molar-refractivity contribution in [1.29, 1.82) is 0 Å². The van der Waals surface area contributed by atoms with Crippen LogP contribution in [-0.2, 0) is 20.0 Å². The summed E-state index contributed by atoms with van der Waals surface area (Å²) in [5.74, 6) is 0.237. The summed E-state index contributed by atoms with van der Waals surface area (Å²) in [6, 6.07) is 2.11. The van der Waals surface area contributed by atoms with Crippen LogP contribution in [0.4, 0.5) is 0 Å². The topological polar surface area (TPSA) is 79.7 Å². The summed E-state index contributed by atoms with van der Waals surface area (Å²) in [7, 11) is 1.95. The fourth-order valence-electron chi connectivity index (χ4n) is 1.91. The zero-order valence-corrected chi connectivity index (χ0v) is 11.4. The van der Waals surface area contributed by atoms with Crippen LogP contribution < -0.4 is 5.73 Å². The molecule has 0 saturated carbocycles. The summed E-state index contributed by atoms with van der Waals surface area (Å²) in [5.41, 5.74) is 7.80. The van der Waals surface area contributed by atoms with E-state index in [1.165, 1.54) is 0 Å². The second-order valence-electron chi connectivity index (χ2n) is 4.41. The number of hydrogen-bond acceptors (Lipinski definition) is 4. The van der Waals surface area contributed by atoms with Gasteiger partial charge in [-0.25, -0.2) is 0 Å². The van der Waals surface area contributed by atoms with Crippen molar-refractivity contribution in [2.45, 2.75) is 33.2 Å². The maximum absolute atomic E-state index is 8.63. The smallest absolute Gasteiger partial charge is 0.153 e. The molecule has 0 aliphatic carbocycles. The molecule has 18 heavy (non-hydrogen) atoms. The van der Waals surface area contributed by atoms with Crippen molar-refractivity contribution in [3.05, 3.63) is 17.5 Å². The van der Waals surface area contributed by atoms with E-state index in [1.54, 1.807) is 0 Å². The molecule has 1 heterocycles. The fourth-order valence-corrected chi connectivity index (χ4v) is 1.91. The van der Waals surface area contributed by atoms with Crippen molar-refractivity contribution in [3.8, 4) is 0 Å². The summed E-state index contributed by atoms with van der Waals surface area (Å²) in [6.45, 7) is 6.33. The zero-order valence-electron chi connectivity index (χ0n) is 11.4. The lowest BCUT2D eigenvalue weighted by Gasteiger charge is -2.20. The number of hydrogen-bond donors (Lipinski definition) is 2. The second kappa shape index (κ2) is 7.00. The summed E-state index contributed by atoms with van der Waals surface area (Å²) in [5, 5.41) is 16.1. The SMILES string of the molecule is CCCN(CC(N)=NO)Cc1cc(CC)nn1C. The molecule has 0 aliphatic rings. The van der Waals surface area contributed by atoms with E-state index in [9.17, 15) is 0 Å². The quantitative estimate of drug-likeness (QED) is 0.328. The van der Waals surface area contributed by atoms with Crippen molar-refractivity contribution in [3.63, 3.8) is 0 Å². The molecule has 1 aromatic rings. The van der Waals surface area contributed by atoms with E-state index in [0.717, 1.165) is 37.3 Å². The molecule has 0 spiro atoms. The van der Waals surface area contributed by atoms with Crippen molar-refractivity contribution in [2.24, 2.45) is 17.9 Å². The molecule has 102 valence electrons. The highest BCUT2D eigenvalue weighted by Crippen LogP contribution is 2.08. The Morgan fingerprint density at radius 1 is 1.56 bits per heavy atom. The van der Waals surface area contributed by atoms with Crippen molar-refractivity contribution in [2.75, 3.05) is 13.1 Å². The van der Waals surface area contributed by atoms with Crippen LogP contribution in [0.1, 0.15) is 31.7 Å². The average molecular weight is 253 g/mol. The van der Waals surface area contributed by atoms with Gasteiger partial charge in [-0.05, 0) is 25.5 Å².